The minimum absolute atomic E-state index is 0.146. The maximum absolute atomic E-state index is 13.5. The molecule has 1 aromatic carbocycles. The Morgan fingerprint density at radius 2 is 1.69 bits per heavy atom. The van der Waals surface area contributed by atoms with Crippen LogP contribution in [0.1, 0.15) is 42.5 Å². The molecule has 0 bridgehead atoms. The Kier molecular flexibility index (Phi) is 6.78. The lowest BCUT2D eigenvalue weighted by atomic mass is 9.94. The van der Waals surface area contributed by atoms with Gasteiger partial charge in [0.25, 0.3) is 15.9 Å². The Bertz CT molecular complexity index is 1060. The highest BCUT2D eigenvalue weighted by atomic mass is 35.5. The van der Waals surface area contributed by atoms with Gasteiger partial charge in [0.1, 0.15) is 0 Å². The summed E-state index contributed by atoms with van der Waals surface area (Å²) in [5, 5.41) is 4.73. The molecule has 0 atom stereocenters. The van der Waals surface area contributed by atoms with E-state index < -0.39 is 10.0 Å². The van der Waals surface area contributed by atoms with Gasteiger partial charge in [-0.25, -0.2) is 8.42 Å². The molecule has 1 amide bonds. The fourth-order valence-corrected chi connectivity index (χ4v) is 6.25. The van der Waals surface area contributed by atoms with Crippen LogP contribution in [-0.4, -0.2) is 72.6 Å². The number of hydrogen-bond acceptors (Lipinski definition) is 5. The van der Waals surface area contributed by atoms with Crippen LogP contribution in [0.4, 0.5) is 5.69 Å². The van der Waals surface area contributed by atoms with Gasteiger partial charge in [0.15, 0.2) is 0 Å². The van der Waals surface area contributed by atoms with E-state index in [1.54, 1.807) is 19.0 Å². The molecule has 0 radical (unpaired) electrons. The van der Waals surface area contributed by atoms with E-state index >= 15 is 0 Å². The molecule has 0 N–H and O–H groups in total. The Labute approximate surface area is 194 Å². The van der Waals surface area contributed by atoms with Gasteiger partial charge in [0, 0.05) is 63.2 Å². The minimum Gasteiger partial charge on any atom is -0.369 e. The van der Waals surface area contributed by atoms with Crippen LogP contribution < -0.4 is 4.90 Å². The first-order chi connectivity index (χ1) is 15.3. The Hall–Kier alpha value is -2.10. The van der Waals surface area contributed by atoms with E-state index in [-0.39, 0.29) is 22.5 Å². The highest BCUT2D eigenvalue weighted by molar-refractivity contribution is 7.89. The molecule has 10 heteroatoms. The zero-order valence-corrected chi connectivity index (χ0v) is 20.1. The lowest BCUT2D eigenvalue weighted by molar-refractivity contribution is 0.0692. The molecule has 1 aliphatic carbocycles. The van der Waals surface area contributed by atoms with E-state index in [4.69, 9.17) is 11.6 Å². The van der Waals surface area contributed by atoms with Crippen LogP contribution in [0.15, 0.2) is 35.5 Å². The molecule has 8 nitrogen and oxygen atoms in total. The number of carbonyl (C=O) groups is 1. The average molecular weight is 480 g/mol. The predicted molar refractivity (Wildman–Crippen MR) is 125 cm³/mol. The zero-order valence-electron chi connectivity index (χ0n) is 18.6. The largest absolute Gasteiger partial charge is 0.369 e. The number of aryl methyl sites for hydroxylation is 1. The van der Waals surface area contributed by atoms with Gasteiger partial charge in [-0.15, -0.1) is 0 Å². The van der Waals surface area contributed by atoms with Crippen LogP contribution in [0.2, 0.25) is 5.02 Å². The maximum atomic E-state index is 13.5. The normalized spacial score (nSPS) is 18.7. The summed E-state index contributed by atoms with van der Waals surface area (Å²) in [4.78, 5) is 17.1. The number of piperazine rings is 1. The molecule has 1 saturated carbocycles. The molecular formula is C22H30ClN5O3S. The van der Waals surface area contributed by atoms with Crippen LogP contribution in [-0.2, 0) is 17.1 Å². The number of aromatic nitrogens is 2. The van der Waals surface area contributed by atoms with Gasteiger partial charge in [-0.2, -0.15) is 9.40 Å². The van der Waals surface area contributed by atoms with Gasteiger partial charge >= 0.3 is 0 Å². The Balaban J connectivity index is 1.51. The highest BCUT2D eigenvalue weighted by Gasteiger charge is 2.36. The number of nitrogens with zero attached hydrogens (tertiary/aromatic N) is 5. The SMILES string of the molecule is CN(C(=O)c1cn(C)nc1S(=O)(=O)N1CCN(c2ccc(Cl)cc2)CC1)C1CCCCC1. The van der Waals surface area contributed by atoms with Crippen LogP contribution >= 0.6 is 11.6 Å². The molecule has 1 saturated heterocycles. The second kappa shape index (κ2) is 9.41. The van der Waals surface area contributed by atoms with Crippen molar-refractivity contribution in [3.63, 3.8) is 0 Å². The standard InChI is InChI=1S/C22H30ClN5O3S/c1-25-16-20(22(29)26(2)18-6-4-3-5-7-18)21(24-25)32(30,31)28-14-12-27(13-15-28)19-10-8-17(23)9-11-19/h8-11,16,18H,3-7,12-15H2,1-2H3. The van der Waals surface area contributed by atoms with Crippen LogP contribution in [0, 0.1) is 0 Å². The van der Waals surface area contributed by atoms with Crippen molar-refractivity contribution >= 4 is 33.2 Å². The van der Waals surface area contributed by atoms with Crippen molar-refractivity contribution in [2.75, 3.05) is 38.1 Å². The molecule has 2 aromatic rings. The third kappa shape index (κ3) is 4.65. The van der Waals surface area contributed by atoms with Crippen molar-refractivity contribution in [3.8, 4) is 0 Å². The lowest BCUT2D eigenvalue weighted by Gasteiger charge is -2.35. The molecule has 2 heterocycles. The molecule has 0 unspecified atom stereocenters. The van der Waals surface area contributed by atoms with Crippen molar-refractivity contribution in [2.45, 2.75) is 43.2 Å². The first-order valence-corrected chi connectivity index (χ1v) is 12.9. The predicted octanol–water partition coefficient (Wildman–Crippen LogP) is 2.99. The molecule has 1 aromatic heterocycles. The van der Waals surface area contributed by atoms with Gasteiger partial charge in [0.2, 0.25) is 5.03 Å². The molecule has 174 valence electrons. The Morgan fingerprint density at radius 3 is 2.31 bits per heavy atom. The first-order valence-electron chi connectivity index (χ1n) is 11.1. The summed E-state index contributed by atoms with van der Waals surface area (Å²) in [6.07, 6.45) is 6.82. The summed E-state index contributed by atoms with van der Waals surface area (Å²) in [6, 6.07) is 7.67. The van der Waals surface area contributed by atoms with Gasteiger partial charge in [-0.05, 0) is 37.1 Å². The molecule has 4 rings (SSSR count). The van der Waals surface area contributed by atoms with E-state index in [0.29, 0.717) is 31.2 Å². The first kappa shape index (κ1) is 23.1. The van der Waals surface area contributed by atoms with E-state index in [1.807, 2.05) is 24.3 Å². The summed E-state index contributed by atoms with van der Waals surface area (Å²) in [5.74, 6) is -0.275. The molecular weight excluding hydrogens is 450 g/mol. The fraction of sp³-hybridized carbons (Fsp3) is 0.545. The summed E-state index contributed by atoms with van der Waals surface area (Å²) >= 11 is 5.97. The smallest absolute Gasteiger partial charge is 0.263 e. The average Bonchev–Trinajstić information content (AvgIpc) is 3.22. The summed E-state index contributed by atoms with van der Waals surface area (Å²) in [6.45, 7) is 1.76. The molecule has 2 aliphatic rings. The third-order valence-electron chi connectivity index (χ3n) is 6.48. The molecule has 2 fully saturated rings. The van der Waals surface area contributed by atoms with E-state index in [2.05, 4.69) is 10.00 Å². The topological polar surface area (TPSA) is 78.8 Å². The van der Waals surface area contributed by atoms with Crippen molar-refractivity contribution in [2.24, 2.45) is 7.05 Å². The quantitative estimate of drug-likeness (QED) is 0.658. The van der Waals surface area contributed by atoms with Crippen LogP contribution in [0.3, 0.4) is 0 Å². The summed E-state index contributed by atoms with van der Waals surface area (Å²) in [7, 11) is -0.469. The van der Waals surface area contributed by atoms with Crippen LogP contribution in [0.5, 0.6) is 0 Å². The third-order valence-corrected chi connectivity index (χ3v) is 8.57. The van der Waals surface area contributed by atoms with Crippen molar-refractivity contribution < 1.29 is 13.2 Å². The van der Waals surface area contributed by atoms with E-state index in [9.17, 15) is 13.2 Å². The van der Waals surface area contributed by atoms with Crippen molar-refractivity contribution in [1.82, 2.24) is 19.0 Å². The van der Waals surface area contributed by atoms with Crippen molar-refractivity contribution in [3.05, 3.63) is 41.0 Å². The van der Waals surface area contributed by atoms with E-state index in [0.717, 1.165) is 31.4 Å². The second-order valence-electron chi connectivity index (χ2n) is 8.60. The van der Waals surface area contributed by atoms with Crippen molar-refractivity contribution in [1.29, 1.82) is 0 Å². The molecule has 1 aliphatic heterocycles. The summed E-state index contributed by atoms with van der Waals surface area (Å²) < 4.78 is 29.8. The van der Waals surface area contributed by atoms with Gasteiger partial charge < -0.3 is 9.80 Å². The number of hydrogen-bond donors (Lipinski definition) is 0. The van der Waals surface area contributed by atoms with Crippen LogP contribution in [0.25, 0.3) is 0 Å². The van der Waals surface area contributed by atoms with Gasteiger partial charge in [0.05, 0.1) is 5.56 Å². The molecule has 32 heavy (non-hydrogen) atoms. The number of sulfonamides is 1. The number of amides is 1. The number of anilines is 1. The van der Waals surface area contributed by atoms with Gasteiger partial charge in [-0.1, -0.05) is 30.9 Å². The number of halogens is 1. The fourth-order valence-electron chi connectivity index (χ4n) is 4.59. The lowest BCUT2D eigenvalue weighted by Crippen LogP contribution is -2.49. The van der Waals surface area contributed by atoms with Gasteiger partial charge in [-0.3, -0.25) is 9.48 Å². The number of rotatable bonds is 5. The second-order valence-corrected chi connectivity index (χ2v) is 10.9. The zero-order chi connectivity index (χ0) is 22.9. The molecule has 0 spiro atoms. The summed E-state index contributed by atoms with van der Waals surface area (Å²) in [5.41, 5.74) is 1.16. The van der Waals surface area contributed by atoms with E-state index in [1.165, 1.54) is 21.6 Å². The minimum atomic E-state index is -3.89. The number of benzene rings is 1. The monoisotopic (exact) mass is 479 g/mol. The highest BCUT2D eigenvalue weighted by Crippen LogP contribution is 2.27. The maximum Gasteiger partial charge on any atom is 0.263 e. The number of carbonyl (C=O) groups excluding carboxylic acids is 1. The Morgan fingerprint density at radius 1 is 1.06 bits per heavy atom.